The second kappa shape index (κ2) is 8.37. The molecule has 2 aromatic carbocycles. The van der Waals surface area contributed by atoms with Crippen LogP contribution in [0.15, 0.2) is 53.0 Å². The molecule has 1 atom stereocenters. The van der Waals surface area contributed by atoms with E-state index in [1.807, 2.05) is 31.2 Å². The number of hydrogen-bond acceptors (Lipinski definition) is 5. The first-order chi connectivity index (χ1) is 12.9. The Labute approximate surface area is 166 Å². The molecule has 0 spiro atoms. The van der Waals surface area contributed by atoms with E-state index < -0.39 is 12.1 Å². The Kier molecular flexibility index (Phi) is 5.94. The van der Waals surface area contributed by atoms with E-state index in [0.29, 0.717) is 21.5 Å². The van der Waals surface area contributed by atoms with Crippen LogP contribution in [0.1, 0.15) is 30.0 Å². The summed E-state index contributed by atoms with van der Waals surface area (Å²) in [4.78, 5) is 12.0. The maximum Gasteiger partial charge on any atom is 0.331 e. The number of halogens is 2. The summed E-state index contributed by atoms with van der Waals surface area (Å²) in [5.41, 5.74) is 2.59. The van der Waals surface area contributed by atoms with Crippen molar-refractivity contribution in [3.63, 3.8) is 0 Å². The Balaban J connectivity index is 1.64. The van der Waals surface area contributed by atoms with Gasteiger partial charge in [-0.3, -0.25) is 0 Å². The summed E-state index contributed by atoms with van der Waals surface area (Å²) in [5, 5.41) is 8.92. The number of carbonyl (C=O) groups excluding carboxylic acids is 1. The van der Waals surface area contributed by atoms with Gasteiger partial charge in [-0.1, -0.05) is 47.0 Å². The van der Waals surface area contributed by atoms with Crippen molar-refractivity contribution in [1.82, 2.24) is 10.2 Å². The fourth-order valence-corrected chi connectivity index (χ4v) is 2.74. The summed E-state index contributed by atoms with van der Waals surface area (Å²) >= 11 is 11.9. The molecule has 5 nitrogen and oxygen atoms in total. The number of ether oxygens (including phenoxy) is 1. The molecule has 7 heteroatoms. The second-order valence-electron chi connectivity index (χ2n) is 5.89. The molecule has 3 rings (SSSR count). The predicted molar refractivity (Wildman–Crippen MR) is 104 cm³/mol. The highest BCUT2D eigenvalue weighted by Gasteiger charge is 2.18. The smallest absolute Gasteiger partial charge is 0.331 e. The highest BCUT2D eigenvalue weighted by atomic mass is 35.5. The van der Waals surface area contributed by atoms with Crippen molar-refractivity contribution in [2.45, 2.75) is 20.0 Å². The summed E-state index contributed by atoms with van der Waals surface area (Å²) in [6.45, 7) is 3.66. The van der Waals surface area contributed by atoms with Crippen molar-refractivity contribution in [3.8, 4) is 11.5 Å². The minimum Gasteiger partial charge on any atom is -0.449 e. The van der Waals surface area contributed by atoms with E-state index in [4.69, 9.17) is 32.4 Å². The summed E-state index contributed by atoms with van der Waals surface area (Å²) in [5.74, 6) is 0.0387. The molecule has 138 valence electrons. The first-order valence-electron chi connectivity index (χ1n) is 8.16. The Morgan fingerprint density at radius 1 is 1.15 bits per heavy atom. The van der Waals surface area contributed by atoms with Crippen molar-refractivity contribution >= 4 is 35.2 Å². The third kappa shape index (κ3) is 4.96. The van der Waals surface area contributed by atoms with Gasteiger partial charge in [0.15, 0.2) is 6.10 Å². The SMILES string of the molecule is Cc1ccc(-c2nnc(C(C)OC(=O)/C=C/c3ccc(Cl)cc3Cl)o2)cc1. The zero-order chi connectivity index (χ0) is 19.4. The van der Waals surface area contributed by atoms with Gasteiger partial charge < -0.3 is 9.15 Å². The maximum atomic E-state index is 12.0. The minimum absolute atomic E-state index is 0.219. The van der Waals surface area contributed by atoms with Crippen LogP contribution < -0.4 is 0 Å². The summed E-state index contributed by atoms with van der Waals surface area (Å²) in [6, 6.07) is 12.7. The van der Waals surface area contributed by atoms with Crippen molar-refractivity contribution < 1.29 is 13.9 Å². The first-order valence-corrected chi connectivity index (χ1v) is 8.92. The summed E-state index contributed by atoms with van der Waals surface area (Å²) in [7, 11) is 0. The van der Waals surface area contributed by atoms with Crippen LogP contribution in [0.3, 0.4) is 0 Å². The fraction of sp³-hybridized carbons (Fsp3) is 0.150. The molecule has 0 aliphatic rings. The molecule has 0 N–H and O–H groups in total. The Morgan fingerprint density at radius 2 is 1.89 bits per heavy atom. The van der Waals surface area contributed by atoms with E-state index >= 15 is 0 Å². The molecule has 0 aliphatic carbocycles. The van der Waals surface area contributed by atoms with Crippen molar-refractivity contribution in [1.29, 1.82) is 0 Å². The van der Waals surface area contributed by atoms with E-state index in [-0.39, 0.29) is 5.89 Å². The molecule has 0 fully saturated rings. The van der Waals surface area contributed by atoms with E-state index in [1.54, 1.807) is 31.2 Å². The van der Waals surface area contributed by atoms with Crippen molar-refractivity contribution in [2.75, 3.05) is 0 Å². The molecule has 1 aromatic heterocycles. The van der Waals surface area contributed by atoms with Crippen LogP contribution in [0.25, 0.3) is 17.5 Å². The average molecular weight is 403 g/mol. The second-order valence-corrected chi connectivity index (χ2v) is 6.73. The van der Waals surface area contributed by atoms with Gasteiger partial charge in [-0.25, -0.2) is 4.79 Å². The van der Waals surface area contributed by atoms with Gasteiger partial charge in [0.25, 0.3) is 5.89 Å². The molecule has 0 aliphatic heterocycles. The summed E-state index contributed by atoms with van der Waals surface area (Å²) in [6.07, 6.45) is 2.15. The van der Waals surface area contributed by atoms with Crippen molar-refractivity contribution in [2.24, 2.45) is 0 Å². The molecular formula is C20H16Cl2N2O3. The van der Waals surface area contributed by atoms with Crippen LogP contribution in [-0.2, 0) is 9.53 Å². The molecule has 3 aromatic rings. The number of rotatable bonds is 5. The quantitative estimate of drug-likeness (QED) is 0.406. The van der Waals surface area contributed by atoms with Crippen LogP contribution in [0.5, 0.6) is 0 Å². The zero-order valence-electron chi connectivity index (χ0n) is 14.6. The van der Waals surface area contributed by atoms with Crippen LogP contribution in [0.4, 0.5) is 0 Å². The van der Waals surface area contributed by atoms with Gasteiger partial charge in [-0.05, 0) is 49.8 Å². The van der Waals surface area contributed by atoms with Gasteiger partial charge in [0.1, 0.15) is 0 Å². The van der Waals surface area contributed by atoms with Gasteiger partial charge >= 0.3 is 5.97 Å². The van der Waals surface area contributed by atoms with Crippen LogP contribution in [-0.4, -0.2) is 16.2 Å². The first kappa shape index (κ1) is 19.1. The fourth-order valence-electron chi connectivity index (χ4n) is 2.27. The summed E-state index contributed by atoms with van der Waals surface area (Å²) < 4.78 is 10.9. The lowest BCUT2D eigenvalue weighted by molar-refractivity contribution is -0.143. The maximum absolute atomic E-state index is 12.0. The van der Waals surface area contributed by atoms with E-state index in [1.165, 1.54) is 6.08 Å². The van der Waals surface area contributed by atoms with Gasteiger partial charge in [0.2, 0.25) is 5.89 Å². The molecule has 27 heavy (non-hydrogen) atoms. The number of esters is 1. The molecule has 1 unspecified atom stereocenters. The lowest BCUT2D eigenvalue weighted by Crippen LogP contribution is -2.06. The highest BCUT2D eigenvalue weighted by molar-refractivity contribution is 6.35. The minimum atomic E-state index is -0.686. The van der Waals surface area contributed by atoms with Gasteiger partial charge in [0.05, 0.1) is 0 Å². The number of nitrogens with zero attached hydrogens (tertiary/aromatic N) is 2. The predicted octanol–water partition coefficient (Wildman–Crippen LogP) is 5.67. The van der Waals surface area contributed by atoms with E-state index in [0.717, 1.165) is 11.1 Å². The Hall–Kier alpha value is -2.63. The van der Waals surface area contributed by atoms with Crippen molar-refractivity contribution in [3.05, 3.63) is 75.6 Å². The van der Waals surface area contributed by atoms with Gasteiger partial charge in [0, 0.05) is 21.7 Å². The Bertz CT molecular complexity index is 981. The van der Waals surface area contributed by atoms with E-state index in [9.17, 15) is 4.79 Å². The molecular weight excluding hydrogens is 387 g/mol. The molecule has 0 saturated carbocycles. The van der Waals surface area contributed by atoms with Gasteiger partial charge in [-0.2, -0.15) is 0 Å². The molecule has 0 amide bonds. The molecule has 1 heterocycles. The number of benzene rings is 2. The van der Waals surface area contributed by atoms with E-state index in [2.05, 4.69) is 10.2 Å². The lowest BCUT2D eigenvalue weighted by atomic mass is 10.1. The van der Waals surface area contributed by atoms with Gasteiger partial charge in [-0.15, -0.1) is 10.2 Å². The largest absolute Gasteiger partial charge is 0.449 e. The number of hydrogen-bond donors (Lipinski definition) is 0. The normalized spacial score (nSPS) is 12.3. The third-order valence-corrected chi connectivity index (χ3v) is 4.30. The molecule has 0 radical (unpaired) electrons. The highest BCUT2D eigenvalue weighted by Crippen LogP contribution is 2.24. The topological polar surface area (TPSA) is 65.2 Å². The number of aromatic nitrogens is 2. The third-order valence-electron chi connectivity index (χ3n) is 3.74. The lowest BCUT2D eigenvalue weighted by Gasteiger charge is -2.07. The number of aryl methyl sites for hydroxylation is 1. The van der Waals surface area contributed by atoms with Crippen LogP contribution in [0, 0.1) is 6.92 Å². The standard InChI is InChI=1S/C20H16Cl2N2O3/c1-12-3-5-15(6-4-12)20-24-23-19(27-20)13(2)26-18(25)10-8-14-7-9-16(21)11-17(14)22/h3-11,13H,1-2H3/b10-8+. The van der Waals surface area contributed by atoms with Crippen LogP contribution in [0.2, 0.25) is 10.0 Å². The Morgan fingerprint density at radius 3 is 2.59 bits per heavy atom. The zero-order valence-corrected chi connectivity index (χ0v) is 16.2. The number of carbonyl (C=O) groups is 1. The average Bonchev–Trinajstić information content (AvgIpc) is 3.12. The monoisotopic (exact) mass is 402 g/mol. The van der Waals surface area contributed by atoms with Crippen LogP contribution >= 0.6 is 23.2 Å². The molecule has 0 bridgehead atoms. The molecule has 0 saturated heterocycles.